The Hall–Kier alpha value is -3.52. The molecule has 0 aliphatic rings. The van der Waals surface area contributed by atoms with Crippen molar-refractivity contribution in [1.29, 1.82) is 0 Å². The number of pyridine rings is 1. The first-order valence-electron chi connectivity index (χ1n) is 9.07. The molecule has 31 heavy (non-hydrogen) atoms. The summed E-state index contributed by atoms with van der Waals surface area (Å²) in [7, 11) is 1.41. The molecule has 1 aromatic heterocycles. The summed E-state index contributed by atoms with van der Waals surface area (Å²) in [4.78, 5) is 28.3. The molecule has 2 aromatic carbocycles. The van der Waals surface area contributed by atoms with Crippen molar-refractivity contribution in [1.82, 2.24) is 10.3 Å². The molecule has 0 aliphatic heterocycles. The van der Waals surface area contributed by atoms with Crippen LogP contribution in [-0.4, -0.2) is 29.1 Å². The molecular formula is C22H17ClF2N2O4. The van der Waals surface area contributed by atoms with Crippen LogP contribution in [0.3, 0.4) is 0 Å². The summed E-state index contributed by atoms with van der Waals surface area (Å²) in [5.74, 6) is -2.86. The zero-order chi connectivity index (χ0) is 22.5. The molecule has 1 heterocycles. The lowest BCUT2D eigenvalue weighted by Gasteiger charge is -2.18. The van der Waals surface area contributed by atoms with Crippen LogP contribution in [0.2, 0.25) is 5.02 Å². The summed E-state index contributed by atoms with van der Waals surface area (Å²) < 4.78 is 33.0. The summed E-state index contributed by atoms with van der Waals surface area (Å²) in [6.45, 7) is 0. The Morgan fingerprint density at radius 3 is 2.52 bits per heavy atom. The van der Waals surface area contributed by atoms with Crippen LogP contribution in [0.4, 0.5) is 8.78 Å². The zero-order valence-electron chi connectivity index (χ0n) is 16.2. The number of carboxylic acids is 1. The predicted octanol–water partition coefficient (Wildman–Crippen LogP) is 4.63. The monoisotopic (exact) mass is 446 g/mol. The first-order chi connectivity index (χ1) is 14.8. The number of aliphatic carboxylic acids is 1. The number of amides is 1. The van der Waals surface area contributed by atoms with Gasteiger partial charge in [0, 0.05) is 11.1 Å². The molecule has 0 aliphatic carbocycles. The summed E-state index contributed by atoms with van der Waals surface area (Å²) in [6.07, 6.45) is -0.525. The number of ether oxygens (including phenoxy) is 1. The van der Waals surface area contributed by atoms with Gasteiger partial charge in [-0.3, -0.25) is 9.59 Å². The van der Waals surface area contributed by atoms with Gasteiger partial charge in [0.1, 0.15) is 28.8 Å². The maximum Gasteiger partial charge on any atom is 0.305 e. The number of rotatable bonds is 7. The van der Waals surface area contributed by atoms with E-state index in [-0.39, 0.29) is 22.0 Å². The van der Waals surface area contributed by atoms with Gasteiger partial charge in [0.15, 0.2) is 0 Å². The summed E-state index contributed by atoms with van der Waals surface area (Å²) in [5.41, 5.74) is 0.618. The molecular weight excluding hydrogens is 430 g/mol. The Bertz CT molecular complexity index is 1140. The number of benzene rings is 2. The number of carbonyl (C=O) groups excluding carboxylic acids is 1. The molecule has 0 saturated heterocycles. The number of methoxy groups -OCH3 is 1. The van der Waals surface area contributed by atoms with Crippen molar-refractivity contribution in [3.8, 4) is 17.0 Å². The lowest BCUT2D eigenvalue weighted by atomic mass is 10.0. The van der Waals surface area contributed by atoms with Gasteiger partial charge in [0.05, 0.1) is 24.6 Å². The lowest BCUT2D eigenvalue weighted by molar-refractivity contribution is -0.137. The van der Waals surface area contributed by atoms with Crippen LogP contribution >= 0.6 is 11.6 Å². The van der Waals surface area contributed by atoms with E-state index in [1.54, 1.807) is 6.07 Å². The molecule has 0 fully saturated rings. The fourth-order valence-electron chi connectivity index (χ4n) is 2.99. The highest BCUT2D eigenvalue weighted by Crippen LogP contribution is 2.31. The van der Waals surface area contributed by atoms with Crippen LogP contribution < -0.4 is 10.1 Å². The molecule has 0 radical (unpaired) electrons. The predicted molar refractivity (Wildman–Crippen MR) is 110 cm³/mol. The van der Waals surface area contributed by atoms with Gasteiger partial charge in [-0.2, -0.15) is 0 Å². The minimum atomic E-state index is -1.21. The van der Waals surface area contributed by atoms with E-state index in [0.717, 1.165) is 6.07 Å². The number of hydrogen-bond acceptors (Lipinski definition) is 4. The molecule has 2 N–H and O–H groups in total. The Morgan fingerprint density at radius 1 is 1.13 bits per heavy atom. The molecule has 160 valence electrons. The molecule has 0 saturated carbocycles. The maximum atomic E-state index is 14.2. The number of aromatic nitrogens is 1. The van der Waals surface area contributed by atoms with E-state index in [9.17, 15) is 23.5 Å². The second-order valence-corrected chi connectivity index (χ2v) is 6.93. The van der Waals surface area contributed by atoms with Crippen LogP contribution in [0.1, 0.15) is 28.5 Å². The van der Waals surface area contributed by atoms with Gasteiger partial charge >= 0.3 is 5.97 Å². The SMILES string of the molecule is COc1ccc(C(=O)N[C@@H](CC(=O)O)c2ccccc2F)nc1-c1ccc(F)c(Cl)c1. The number of carboxylic acid groups (broad SMARTS) is 1. The molecule has 0 unspecified atom stereocenters. The molecule has 3 aromatic rings. The summed E-state index contributed by atoms with van der Waals surface area (Å²) in [6, 6.07) is 11.3. The Kier molecular flexibility index (Phi) is 6.81. The Labute approximate surface area is 181 Å². The van der Waals surface area contributed by atoms with Gasteiger partial charge < -0.3 is 15.2 Å². The van der Waals surface area contributed by atoms with Crippen molar-refractivity contribution in [2.24, 2.45) is 0 Å². The topological polar surface area (TPSA) is 88.5 Å². The third-order valence-electron chi connectivity index (χ3n) is 4.47. The zero-order valence-corrected chi connectivity index (χ0v) is 17.0. The van der Waals surface area contributed by atoms with Gasteiger partial charge in [0.25, 0.3) is 5.91 Å². The van der Waals surface area contributed by atoms with E-state index >= 15 is 0 Å². The molecule has 9 heteroatoms. The number of nitrogens with zero attached hydrogens (tertiary/aromatic N) is 1. The minimum absolute atomic E-state index is 0.0392. The third kappa shape index (κ3) is 5.16. The van der Waals surface area contributed by atoms with E-state index < -0.39 is 36.0 Å². The second-order valence-electron chi connectivity index (χ2n) is 6.52. The molecule has 3 rings (SSSR count). The van der Waals surface area contributed by atoms with E-state index in [4.69, 9.17) is 16.3 Å². The quantitative estimate of drug-likeness (QED) is 0.552. The van der Waals surface area contributed by atoms with Crippen LogP contribution in [0.5, 0.6) is 5.75 Å². The average Bonchev–Trinajstić information content (AvgIpc) is 2.74. The molecule has 1 atom stereocenters. The molecule has 1 amide bonds. The van der Waals surface area contributed by atoms with Crippen molar-refractivity contribution < 1.29 is 28.2 Å². The van der Waals surface area contributed by atoms with Crippen LogP contribution in [0, 0.1) is 11.6 Å². The highest BCUT2D eigenvalue weighted by atomic mass is 35.5. The fraction of sp³-hybridized carbons (Fsp3) is 0.136. The number of halogens is 3. The van der Waals surface area contributed by atoms with E-state index in [0.29, 0.717) is 11.3 Å². The van der Waals surface area contributed by atoms with Crippen LogP contribution in [-0.2, 0) is 4.79 Å². The molecule has 6 nitrogen and oxygen atoms in total. The lowest BCUT2D eigenvalue weighted by Crippen LogP contribution is -2.31. The molecule has 0 bridgehead atoms. The Balaban J connectivity index is 1.95. The van der Waals surface area contributed by atoms with Crippen molar-refractivity contribution in [2.45, 2.75) is 12.5 Å². The third-order valence-corrected chi connectivity index (χ3v) is 4.76. The average molecular weight is 447 g/mol. The highest BCUT2D eigenvalue weighted by Gasteiger charge is 2.23. The Morgan fingerprint density at radius 2 is 1.87 bits per heavy atom. The van der Waals surface area contributed by atoms with Gasteiger partial charge in [-0.25, -0.2) is 13.8 Å². The molecule has 0 spiro atoms. The standard InChI is InChI=1S/C22H17ClF2N2O4/c1-31-19-9-8-17(26-21(19)12-6-7-16(25)14(23)10-12)22(30)27-18(11-20(28)29)13-4-2-3-5-15(13)24/h2-10,18H,11H2,1H3,(H,27,30)(H,28,29)/t18-/m0/s1. The number of carbonyl (C=O) groups is 2. The van der Waals surface area contributed by atoms with Gasteiger partial charge in [-0.1, -0.05) is 29.8 Å². The largest absolute Gasteiger partial charge is 0.494 e. The van der Waals surface area contributed by atoms with Crippen LogP contribution in [0.15, 0.2) is 54.6 Å². The first-order valence-corrected chi connectivity index (χ1v) is 9.45. The number of hydrogen-bond donors (Lipinski definition) is 2. The normalized spacial score (nSPS) is 11.6. The van der Waals surface area contributed by atoms with Crippen molar-refractivity contribution >= 4 is 23.5 Å². The van der Waals surface area contributed by atoms with Gasteiger partial charge in [0.2, 0.25) is 0 Å². The maximum absolute atomic E-state index is 14.2. The van der Waals surface area contributed by atoms with Crippen molar-refractivity contribution in [2.75, 3.05) is 7.11 Å². The van der Waals surface area contributed by atoms with Crippen molar-refractivity contribution in [3.63, 3.8) is 0 Å². The fourth-order valence-corrected chi connectivity index (χ4v) is 3.17. The summed E-state index contributed by atoms with van der Waals surface area (Å²) >= 11 is 5.85. The highest BCUT2D eigenvalue weighted by molar-refractivity contribution is 6.31. The van der Waals surface area contributed by atoms with Gasteiger partial charge in [-0.15, -0.1) is 0 Å². The first kappa shape index (κ1) is 22.2. The second kappa shape index (κ2) is 9.53. The van der Waals surface area contributed by atoms with Gasteiger partial charge in [-0.05, 0) is 36.4 Å². The summed E-state index contributed by atoms with van der Waals surface area (Å²) in [5, 5.41) is 11.6. The van der Waals surface area contributed by atoms with E-state index in [1.807, 2.05) is 0 Å². The number of nitrogens with one attached hydrogen (secondary N) is 1. The minimum Gasteiger partial charge on any atom is -0.494 e. The smallest absolute Gasteiger partial charge is 0.305 e. The van der Waals surface area contributed by atoms with E-state index in [2.05, 4.69) is 10.3 Å². The van der Waals surface area contributed by atoms with Crippen molar-refractivity contribution in [3.05, 3.63) is 82.5 Å². The van der Waals surface area contributed by atoms with E-state index in [1.165, 1.54) is 49.6 Å². The van der Waals surface area contributed by atoms with Crippen LogP contribution in [0.25, 0.3) is 11.3 Å².